The Morgan fingerprint density at radius 1 is 1.03 bits per heavy atom. The van der Waals surface area contributed by atoms with Gasteiger partial charge in [-0.25, -0.2) is 8.42 Å². The molecule has 7 heteroatoms. The second-order valence-electron chi connectivity index (χ2n) is 7.41. The van der Waals surface area contributed by atoms with Crippen LogP contribution in [0.5, 0.6) is 0 Å². The third-order valence-electron chi connectivity index (χ3n) is 5.08. The average Bonchev–Trinajstić information content (AvgIpc) is 2.77. The summed E-state index contributed by atoms with van der Waals surface area (Å²) in [5.41, 5.74) is 2.93. The van der Waals surface area contributed by atoms with E-state index in [0.29, 0.717) is 17.7 Å². The fraction of sp³-hybridized carbons (Fsp3) is 0.250. The molecule has 3 rings (SSSR count). The Morgan fingerprint density at radius 2 is 1.74 bits per heavy atom. The zero-order valence-electron chi connectivity index (χ0n) is 17.9. The third-order valence-corrected chi connectivity index (χ3v) is 7.08. The highest BCUT2D eigenvalue weighted by Gasteiger charge is 2.35. The molecule has 0 fully saturated rings. The van der Waals surface area contributed by atoms with Gasteiger partial charge in [0.1, 0.15) is 6.04 Å². The largest absolute Gasteiger partial charge is 0.350 e. The minimum Gasteiger partial charge on any atom is -0.350 e. The summed E-state index contributed by atoms with van der Waals surface area (Å²) in [6.07, 6.45) is 3.65. The molecular weight excluding hydrogens is 410 g/mol. The summed E-state index contributed by atoms with van der Waals surface area (Å²) < 4.78 is 28.8. The maximum atomic E-state index is 13.8. The number of aromatic nitrogens is 1. The molecule has 162 valence electrons. The average molecular weight is 438 g/mol. The number of hydrogen-bond acceptors (Lipinski definition) is 4. The monoisotopic (exact) mass is 437 g/mol. The topological polar surface area (TPSA) is 79.4 Å². The lowest BCUT2D eigenvalue weighted by Gasteiger charge is -2.32. The van der Waals surface area contributed by atoms with Gasteiger partial charge in [0.15, 0.2) is 0 Å². The minimum absolute atomic E-state index is 0.189. The zero-order chi connectivity index (χ0) is 22.4. The molecule has 0 bridgehead atoms. The lowest BCUT2D eigenvalue weighted by Crippen LogP contribution is -2.49. The van der Waals surface area contributed by atoms with Crippen LogP contribution in [0.25, 0.3) is 0 Å². The van der Waals surface area contributed by atoms with Crippen LogP contribution in [-0.4, -0.2) is 25.4 Å². The van der Waals surface area contributed by atoms with Crippen LogP contribution in [0.4, 0.5) is 5.69 Å². The van der Waals surface area contributed by atoms with E-state index in [9.17, 15) is 13.2 Å². The van der Waals surface area contributed by atoms with E-state index in [-0.39, 0.29) is 17.3 Å². The summed E-state index contributed by atoms with van der Waals surface area (Å²) in [5.74, 6) is -0.357. The molecule has 0 saturated heterocycles. The van der Waals surface area contributed by atoms with Crippen molar-refractivity contribution < 1.29 is 13.2 Å². The van der Waals surface area contributed by atoms with Crippen molar-refractivity contribution in [1.82, 2.24) is 10.3 Å². The van der Waals surface area contributed by atoms with E-state index >= 15 is 0 Å². The molecule has 1 N–H and O–H groups in total. The first-order valence-electron chi connectivity index (χ1n) is 10.2. The van der Waals surface area contributed by atoms with E-state index < -0.39 is 16.1 Å². The minimum atomic E-state index is -3.98. The van der Waals surface area contributed by atoms with E-state index in [1.54, 1.807) is 61.8 Å². The second kappa shape index (κ2) is 9.75. The van der Waals surface area contributed by atoms with Crippen LogP contribution in [0, 0.1) is 13.8 Å². The molecule has 0 radical (unpaired) electrons. The number of benzene rings is 2. The lowest BCUT2D eigenvalue weighted by molar-refractivity contribution is -0.122. The SMILES string of the molecule is CCC(C(=O)NCc1cccnc1)N(c1ccc(C)cc1)S(=O)(=O)c1ccccc1C. The first-order valence-corrected chi connectivity index (χ1v) is 11.6. The van der Waals surface area contributed by atoms with Crippen molar-refractivity contribution in [3.63, 3.8) is 0 Å². The van der Waals surface area contributed by atoms with E-state index in [0.717, 1.165) is 11.1 Å². The number of nitrogens with one attached hydrogen (secondary N) is 1. The number of nitrogens with zero attached hydrogens (tertiary/aromatic N) is 2. The molecule has 2 aromatic carbocycles. The Hall–Kier alpha value is -3.19. The summed E-state index contributed by atoms with van der Waals surface area (Å²) in [5, 5.41) is 2.86. The molecular formula is C24H27N3O3S. The predicted molar refractivity (Wildman–Crippen MR) is 122 cm³/mol. The highest BCUT2D eigenvalue weighted by Crippen LogP contribution is 2.29. The van der Waals surface area contributed by atoms with Gasteiger partial charge in [-0.3, -0.25) is 14.1 Å². The Bertz CT molecular complexity index is 1130. The number of carbonyl (C=O) groups is 1. The van der Waals surface area contributed by atoms with Gasteiger partial charge < -0.3 is 5.32 Å². The number of hydrogen-bond donors (Lipinski definition) is 1. The molecule has 1 heterocycles. The molecule has 1 aromatic heterocycles. The standard InChI is InChI=1S/C24H27N3O3S/c1-4-22(24(28)26-17-20-9-7-15-25-16-20)27(21-13-11-18(2)12-14-21)31(29,30)23-10-6-5-8-19(23)3/h5-16,22H,4,17H2,1-3H3,(H,26,28). The molecule has 0 spiro atoms. The Balaban J connectivity index is 2.01. The lowest BCUT2D eigenvalue weighted by atomic mass is 10.1. The molecule has 0 aliphatic carbocycles. The Morgan fingerprint density at radius 3 is 2.35 bits per heavy atom. The zero-order valence-corrected chi connectivity index (χ0v) is 18.8. The van der Waals surface area contributed by atoms with Crippen molar-refractivity contribution in [3.8, 4) is 0 Å². The first-order chi connectivity index (χ1) is 14.8. The van der Waals surface area contributed by atoms with Crippen LogP contribution >= 0.6 is 0 Å². The second-order valence-corrected chi connectivity index (χ2v) is 9.19. The fourth-order valence-electron chi connectivity index (χ4n) is 3.40. The maximum Gasteiger partial charge on any atom is 0.265 e. The normalized spacial score (nSPS) is 12.2. The Labute approximate surface area is 184 Å². The first kappa shape index (κ1) is 22.5. The van der Waals surface area contributed by atoms with E-state index in [2.05, 4.69) is 10.3 Å². The summed E-state index contributed by atoms with van der Waals surface area (Å²) in [6.45, 7) is 5.77. The molecule has 0 aliphatic heterocycles. The maximum absolute atomic E-state index is 13.8. The van der Waals surface area contributed by atoms with Crippen LogP contribution in [0.3, 0.4) is 0 Å². The molecule has 1 unspecified atom stereocenters. The van der Waals surface area contributed by atoms with Crippen molar-refractivity contribution in [3.05, 3.63) is 89.7 Å². The molecule has 0 saturated carbocycles. The number of sulfonamides is 1. The molecule has 31 heavy (non-hydrogen) atoms. The van der Waals surface area contributed by atoms with E-state index in [1.807, 2.05) is 32.0 Å². The van der Waals surface area contributed by atoms with Crippen LogP contribution in [0.15, 0.2) is 78.0 Å². The van der Waals surface area contributed by atoms with Gasteiger partial charge in [-0.1, -0.05) is 48.9 Å². The summed E-state index contributed by atoms with van der Waals surface area (Å²) in [7, 11) is -3.98. The van der Waals surface area contributed by atoms with Gasteiger partial charge in [0, 0.05) is 18.9 Å². The molecule has 1 atom stereocenters. The highest BCUT2D eigenvalue weighted by atomic mass is 32.2. The Kier molecular flexibility index (Phi) is 7.07. The number of carbonyl (C=O) groups excluding carboxylic acids is 1. The molecule has 1 amide bonds. The van der Waals surface area contributed by atoms with Crippen molar-refractivity contribution in [2.75, 3.05) is 4.31 Å². The number of amides is 1. The number of anilines is 1. The summed E-state index contributed by atoms with van der Waals surface area (Å²) in [4.78, 5) is 17.4. The van der Waals surface area contributed by atoms with Gasteiger partial charge in [-0.05, 0) is 55.7 Å². The smallest absolute Gasteiger partial charge is 0.265 e. The van der Waals surface area contributed by atoms with E-state index in [1.165, 1.54) is 4.31 Å². The van der Waals surface area contributed by atoms with Crippen molar-refractivity contribution in [2.45, 2.75) is 44.7 Å². The highest BCUT2D eigenvalue weighted by molar-refractivity contribution is 7.93. The van der Waals surface area contributed by atoms with Crippen LogP contribution < -0.4 is 9.62 Å². The number of aryl methyl sites for hydroxylation is 2. The van der Waals surface area contributed by atoms with Gasteiger partial charge >= 0.3 is 0 Å². The van der Waals surface area contributed by atoms with Gasteiger partial charge in [0.2, 0.25) is 5.91 Å². The molecule has 3 aromatic rings. The number of rotatable bonds is 8. The van der Waals surface area contributed by atoms with Crippen molar-refractivity contribution in [2.24, 2.45) is 0 Å². The van der Waals surface area contributed by atoms with Crippen molar-refractivity contribution >= 4 is 21.6 Å². The predicted octanol–water partition coefficient (Wildman–Crippen LogP) is 3.99. The summed E-state index contributed by atoms with van der Waals surface area (Å²) >= 11 is 0. The van der Waals surface area contributed by atoms with Gasteiger partial charge in [-0.2, -0.15) is 0 Å². The quantitative estimate of drug-likeness (QED) is 0.578. The number of pyridine rings is 1. The van der Waals surface area contributed by atoms with Gasteiger partial charge in [-0.15, -0.1) is 0 Å². The van der Waals surface area contributed by atoms with Crippen LogP contribution in [0.2, 0.25) is 0 Å². The van der Waals surface area contributed by atoms with Gasteiger partial charge in [0.25, 0.3) is 10.0 Å². The molecule has 0 aliphatic rings. The van der Waals surface area contributed by atoms with Crippen LogP contribution in [0.1, 0.15) is 30.0 Å². The van der Waals surface area contributed by atoms with Crippen LogP contribution in [-0.2, 0) is 21.4 Å². The van der Waals surface area contributed by atoms with E-state index in [4.69, 9.17) is 0 Å². The van der Waals surface area contributed by atoms with Crippen molar-refractivity contribution in [1.29, 1.82) is 0 Å². The van der Waals surface area contributed by atoms with Gasteiger partial charge in [0.05, 0.1) is 10.6 Å². The molecule has 6 nitrogen and oxygen atoms in total. The fourth-order valence-corrected chi connectivity index (χ4v) is 5.31. The summed E-state index contributed by atoms with van der Waals surface area (Å²) in [6, 6.07) is 16.7. The third kappa shape index (κ3) is 5.11.